The standard InChI is InChI=1S/C16H15FN2O/c1-12(13-4-2-5-14(17)10-13)19-15-6-3-7-16(11-15)20-9-8-18/h2-7,10-12,19H,9H2,1H3. The minimum absolute atomic E-state index is 0.0168. The first-order valence-electron chi connectivity index (χ1n) is 6.31. The number of halogens is 1. The van der Waals surface area contributed by atoms with Gasteiger partial charge in [0, 0.05) is 17.8 Å². The molecule has 0 fully saturated rings. The first kappa shape index (κ1) is 13.9. The van der Waals surface area contributed by atoms with E-state index in [0.29, 0.717) is 5.75 Å². The first-order valence-corrected chi connectivity index (χ1v) is 6.31. The van der Waals surface area contributed by atoms with E-state index in [9.17, 15) is 4.39 Å². The van der Waals surface area contributed by atoms with Gasteiger partial charge in [0.1, 0.15) is 17.6 Å². The van der Waals surface area contributed by atoms with Gasteiger partial charge in [-0.15, -0.1) is 0 Å². The van der Waals surface area contributed by atoms with Crippen LogP contribution in [0.5, 0.6) is 5.75 Å². The van der Waals surface area contributed by atoms with E-state index in [-0.39, 0.29) is 18.5 Å². The molecule has 0 heterocycles. The number of hydrogen-bond donors (Lipinski definition) is 1. The van der Waals surface area contributed by atoms with Gasteiger partial charge in [0.25, 0.3) is 0 Å². The lowest BCUT2D eigenvalue weighted by molar-refractivity contribution is 0.368. The zero-order chi connectivity index (χ0) is 14.4. The molecule has 4 heteroatoms. The van der Waals surface area contributed by atoms with Crippen LogP contribution in [0, 0.1) is 17.1 Å². The molecule has 0 aliphatic heterocycles. The van der Waals surface area contributed by atoms with E-state index >= 15 is 0 Å². The van der Waals surface area contributed by atoms with Crippen molar-refractivity contribution in [3.63, 3.8) is 0 Å². The second-order valence-corrected chi connectivity index (χ2v) is 4.40. The van der Waals surface area contributed by atoms with E-state index in [0.717, 1.165) is 11.3 Å². The number of benzene rings is 2. The van der Waals surface area contributed by atoms with Gasteiger partial charge in [0.15, 0.2) is 6.61 Å². The number of ether oxygens (including phenoxy) is 1. The van der Waals surface area contributed by atoms with Gasteiger partial charge in [0.05, 0.1) is 0 Å². The first-order chi connectivity index (χ1) is 9.69. The normalized spacial score (nSPS) is 11.4. The Hall–Kier alpha value is -2.54. The van der Waals surface area contributed by atoms with E-state index < -0.39 is 0 Å². The quantitative estimate of drug-likeness (QED) is 0.896. The minimum Gasteiger partial charge on any atom is -0.479 e. The highest BCUT2D eigenvalue weighted by Crippen LogP contribution is 2.23. The molecule has 0 aromatic heterocycles. The molecule has 1 atom stereocenters. The summed E-state index contributed by atoms with van der Waals surface area (Å²) in [5, 5.41) is 11.8. The minimum atomic E-state index is -0.248. The van der Waals surface area contributed by atoms with Crippen LogP contribution in [0.4, 0.5) is 10.1 Å². The fourth-order valence-corrected chi connectivity index (χ4v) is 1.90. The van der Waals surface area contributed by atoms with E-state index in [4.69, 9.17) is 10.00 Å². The van der Waals surface area contributed by atoms with Crippen LogP contribution in [0.1, 0.15) is 18.5 Å². The lowest BCUT2D eigenvalue weighted by atomic mass is 10.1. The van der Waals surface area contributed by atoms with Crippen molar-refractivity contribution >= 4 is 5.69 Å². The van der Waals surface area contributed by atoms with Crippen molar-refractivity contribution in [1.29, 1.82) is 5.26 Å². The van der Waals surface area contributed by atoms with Gasteiger partial charge in [-0.25, -0.2) is 4.39 Å². The summed E-state index contributed by atoms with van der Waals surface area (Å²) in [6, 6.07) is 15.7. The Balaban J connectivity index is 2.08. The number of rotatable bonds is 5. The number of nitriles is 1. The van der Waals surface area contributed by atoms with Crippen LogP contribution < -0.4 is 10.1 Å². The molecule has 0 amide bonds. The van der Waals surface area contributed by atoms with Gasteiger partial charge in [-0.1, -0.05) is 18.2 Å². The maximum absolute atomic E-state index is 13.2. The number of nitrogens with zero attached hydrogens (tertiary/aromatic N) is 1. The lowest BCUT2D eigenvalue weighted by Gasteiger charge is -2.16. The van der Waals surface area contributed by atoms with Crippen molar-refractivity contribution in [3.8, 4) is 11.8 Å². The second-order valence-electron chi connectivity index (χ2n) is 4.40. The van der Waals surface area contributed by atoms with Crippen molar-refractivity contribution < 1.29 is 9.13 Å². The number of nitrogens with one attached hydrogen (secondary N) is 1. The van der Waals surface area contributed by atoms with Gasteiger partial charge < -0.3 is 10.1 Å². The van der Waals surface area contributed by atoms with Crippen LogP contribution >= 0.6 is 0 Å². The molecule has 2 aromatic rings. The van der Waals surface area contributed by atoms with Crippen LogP contribution in [0.3, 0.4) is 0 Å². The number of anilines is 1. The van der Waals surface area contributed by atoms with E-state index in [1.807, 2.05) is 37.3 Å². The van der Waals surface area contributed by atoms with Crippen molar-refractivity contribution in [1.82, 2.24) is 0 Å². The van der Waals surface area contributed by atoms with Gasteiger partial charge in [0.2, 0.25) is 0 Å². The molecule has 0 saturated carbocycles. The Morgan fingerprint density at radius 2 is 2.05 bits per heavy atom. The fourth-order valence-electron chi connectivity index (χ4n) is 1.90. The Bertz CT molecular complexity index is 622. The zero-order valence-electron chi connectivity index (χ0n) is 11.1. The van der Waals surface area contributed by atoms with Crippen LogP contribution in [-0.4, -0.2) is 6.61 Å². The van der Waals surface area contributed by atoms with Crippen molar-refractivity contribution in [2.45, 2.75) is 13.0 Å². The predicted octanol–water partition coefficient (Wildman–Crippen LogP) is 3.90. The molecule has 0 bridgehead atoms. The molecule has 1 N–H and O–H groups in total. The molecule has 2 rings (SSSR count). The summed E-state index contributed by atoms with van der Waals surface area (Å²) in [6.07, 6.45) is 0. The third-order valence-corrected chi connectivity index (χ3v) is 2.87. The Labute approximate surface area is 117 Å². The van der Waals surface area contributed by atoms with Crippen molar-refractivity contribution in [2.24, 2.45) is 0 Å². The monoisotopic (exact) mass is 270 g/mol. The molecular weight excluding hydrogens is 255 g/mol. The molecular formula is C16H15FN2O. The smallest absolute Gasteiger partial charge is 0.174 e. The fraction of sp³-hybridized carbons (Fsp3) is 0.188. The third-order valence-electron chi connectivity index (χ3n) is 2.87. The molecule has 0 radical (unpaired) electrons. The summed E-state index contributed by atoms with van der Waals surface area (Å²) in [5.74, 6) is 0.380. The highest BCUT2D eigenvalue weighted by atomic mass is 19.1. The Morgan fingerprint density at radius 1 is 1.25 bits per heavy atom. The predicted molar refractivity (Wildman–Crippen MR) is 76.0 cm³/mol. The molecule has 0 spiro atoms. The summed E-state index contributed by atoms with van der Waals surface area (Å²) in [4.78, 5) is 0. The maximum Gasteiger partial charge on any atom is 0.174 e. The van der Waals surface area contributed by atoms with Crippen LogP contribution in [0.25, 0.3) is 0 Å². The Morgan fingerprint density at radius 3 is 2.80 bits per heavy atom. The number of hydrogen-bond acceptors (Lipinski definition) is 3. The van der Waals surface area contributed by atoms with E-state index in [1.165, 1.54) is 12.1 Å². The van der Waals surface area contributed by atoms with E-state index in [1.54, 1.807) is 12.1 Å². The van der Waals surface area contributed by atoms with Crippen LogP contribution in [-0.2, 0) is 0 Å². The molecule has 0 saturated heterocycles. The topological polar surface area (TPSA) is 45.0 Å². The highest BCUT2D eigenvalue weighted by molar-refractivity contribution is 5.49. The lowest BCUT2D eigenvalue weighted by Crippen LogP contribution is -2.07. The van der Waals surface area contributed by atoms with Crippen LogP contribution in [0.2, 0.25) is 0 Å². The average Bonchev–Trinajstić information content (AvgIpc) is 2.45. The molecule has 3 nitrogen and oxygen atoms in total. The second kappa shape index (κ2) is 6.58. The Kier molecular flexibility index (Phi) is 4.56. The van der Waals surface area contributed by atoms with Gasteiger partial charge in [-0.05, 0) is 36.8 Å². The third kappa shape index (κ3) is 3.72. The van der Waals surface area contributed by atoms with Crippen molar-refractivity contribution in [3.05, 3.63) is 59.9 Å². The average molecular weight is 270 g/mol. The molecule has 102 valence electrons. The largest absolute Gasteiger partial charge is 0.479 e. The zero-order valence-corrected chi connectivity index (χ0v) is 11.1. The van der Waals surface area contributed by atoms with Gasteiger partial charge >= 0.3 is 0 Å². The van der Waals surface area contributed by atoms with Gasteiger partial charge in [-0.2, -0.15) is 5.26 Å². The van der Waals surface area contributed by atoms with Crippen LogP contribution in [0.15, 0.2) is 48.5 Å². The summed E-state index contributed by atoms with van der Waals surface area (Å²) in [7, 11) is 0. The molecule has 0 aliphatic rings. The summed E-state index contributed by atoms with van der Waals surface area (Å²) < 4.78 is 18.4. The molecule has 1 unspecified atom stereocenters. The van der Waals surface area contributed by atoms with Crippen molar-refractivity contribution in [2.75, 3.05) is 11.9 Å². The molecule has 20 heavy (non-hydrogen) atoms. The SMILES string of the molecule is CC(Nc1cccc(OCC#N)c1)c1cccc(F)c1. The van der Waals surface area contributed by atoms with E-state index in [2.05, 4.69) is 5.32 Å². The molecule has 2 aromatic carbocycles. The maximum atomic E-state index is 13.2. The molecule has 0 aliphatic carbocycles. The summed E-state index contributed by atoms with van der Waals surface area (Å²) in [5.41, 5.74) is 1.73. The summed E-state index contributed by atoms with van der Waals surface area (Å²) >= 11 is 0. The highest BCUT2D eigenvalue weighted by Gasteiger charge is 2.06. The summed E-state index contributed by atoms with van der Waals surface area (Å²) in [6.45, 7) is 1.97. The van der Waals surface area contributed by atoms with Gasteiger partial charge in [-0.3, -0.25) is 0 Å².